The zero-order valence-corrected chi connectivity index (χ0v) is 7.60. The van der Waals surface area contributed by atoms with Crippen LogP contribution in [-0.4, -0.2) is 5.62 Å². The summed E-state index contributed by atoms with van der Waals surface area (Å²) in [7, 11) is 0. The smallest absolute Gasteiger partial charge is 0.196 e. The minimum atomic E-state index is -0.451. The minimum Gasteiger partial charge on any atom is -0.341 e. The molecule has 0 bridgehead atoms. The molecule has 4 heteroatoms. The van der Waals surface area contributed by atoms with Crippen LogP contribution in [0.15, 0.2) is 29.3 Å². The lowest BCUT2D eigenvalue weighted by molar-refractivity contribution is 0.788. The molecule has 1 unspecified atom stereocenters. The normalized spacial score (nSPS) is 20.8. The third kappa shape index (κ3) is 1.28. The van der Waals surface area contributed by atoms with E-state index in [2.05, 4.69) is 10.3 Å². The Balaban J connectivity index is 2.81. The van der Waals surface area contributed by atoms with Crippen molar-refractivity contribution in [1.82, 2.24) is 5.32 Å². The van der Waals surface area contributed by atoms with E-state index in [-0.39, 0.29) is 0 Å². The van der Waals surface area contributed by atoms with E-state index in [0.29, 0.717) is 5.16 Å². The van der Waals surface area contributed by atoms with Crippen molar-refractivity contribution >= 4 is 28.4 Å². The van der Waals surface area contributed by atoms with Crippen molar-refractivity contribution in [1.29, 1.82) is 0 Å². The van der Waals surface area contributed by atoms with Crippen molar-refractivity contribution in [3.05, 3.63) is 34.8 Å². The Morgan fingerprint density at radius 1 is 1.33 bits per heavy atom. The lowest BCUT2D eigenvalue weighted by Crippen LogP contribution is -2.39. The topological polar surface area (TPSA) is 24.4 Å². The highest BCUT2D eigenvalue weighted by Gasteiger charge is 2.07. The molecule has 0 fully saturated rings. The Bertz CT molecular complexity index is 413. The van der Waals surface area contributed by atoms with Gasteiger partial charge in [0.1, 0.15) is 5.16 Å². The van der Waals surface area contributed by atoms with Gasteiger partial charge in [0.25, 0.3) is 0 Å². The first-order valence-corrected chi connectivity index (χ1v) is 4.32. The van der Waals surface area contributed by atoms with Gasteiger partial charge in [-0.05, 0) is 12.1 Å². The maximum atomic E-state index is 5.90. The molecule has 1 heterocycles. The van der Waals surface area contributed by atoms with E-state index in [0.717, 1.165) is 10.6 Å². The van der Waals surface area contributed by atoms with Crippen LogP contribution in [0.25, 0.3) is 5.16 Å². The molecule has 0 aliphatic carbocycles. The largest absolute Gasteiger partial charge is 0.341 e. The summed E-state index contributed by atoms with van der Waals surface area (Å²) in [4.78, 5) is 4.15. The van der Waals surface area contributed by atoms with Gasteiger partial charge in [0.05, 0.1) is 5.36 Å². The van der Waals surface area contributed by atoms with Crippen LogP contribution in [0, 0.1) is 0 Å². The highest BCUT2D eigenvalue weighted by molar-refractivity contribution is 6.45. The molecule has 1 aliphatic heterocycles. The quantitative estimate of drug-likeness (QED) is 0.485. The fourth-order valence-corrected chi connectivity index (χ4v) is 1.64. The Kier molecular flexibility index (Phi) is 1.95. The molecule has 0 radical (unpaired) electrons. The third-order valence-corrected chi connectivity index (χ3v) is 2.16. The Hall–Kier alpha value is -0.730. The maximum absolute atomic E-state index is 5.90. The molecule has 1 atom stereocenters. The van der Waals surface area contributed by atoms with Crippen molar-refractivity contribution in [2.75, 3.05) is 0 Å². The van der Waals surface area contributed by atoms with Crippen LogP contribution >= 0.6 is 23.2 Å². The number of halogens is 2. The second-order valence-corrected chi connectivity index (χ2v) is 3.23. The SMILES string of the molecule is ClC1=c2ccccc2=NC(Cl)N1. The van der Waals surface area contributed by atoms with Gasteiger partial charge in [-0.1, -0.05) is 35.3 Å². The first-order chi connectivity index (χ1) is 5.77. The molecule has 1 aromatic rings. The average Bonchev–Trinajstić information content (AvgIpc) is 2.04. The van der Waals surface area contributed by atoms with Crippen LogP contribution in [0.1, 0.15) is 0 Å². The standard InChI is InChI=1S/C8H6Cl2N2/c9-7-5-3-1-2-4-6(5)11-8(10)12-7/h1-4,8,12H. The number of alkyl halides is 1. The van der Waals surface area contributed by atoms with Gasteiger partial charge >= 0.3 is 0 Å². The molecule has 0 saturated heterocycles. The minimum absolute atomic E-state index is 0.451. The molecule has 12 heavy (non-hydrogen) atoms. The summed E-state index contributed by atoms with van der Waals surface area (Å²) in [6, 6.07) is 7.60. The molecule has 2 nitrogen and oxygen atoms in total. The summed E-state index contributed by atoms with van der Waals surface area (Å²) in [5.74, 6) is 0. The van der Waals surface area contributed by atoms with Crippen LogP contribution in [0.3, 0.4) is 0 Å². The summed E-state index contributed by atoms with van der Waals surface area (Å²) in [5.41, 5.74) is -0.451. The van der Waals surface area contributed by atoms with Crippen molar-refractivity contribution in [3.63, 3.8) is 0 Å². The maximum Gasteiger partial charge on any atom is 0.196 e. The van der Waals surface area contributed by atoms with Crippen LogP contribution in [-0.2, 0) is 0 Å². The molecule has 1 N–H and O–H groups in total. The van der Waals surface area contributed by atoms with Gasteiger partial charge in [-0.15, -0.1) is 0 Å². The molecular weight excluding hydrogens is 195 g/mol. The molecule has 1 aliphatic rings. The summed E-state index contributed by atoms with van der Waals surface area (Å²) in [5, 5.41) is 5.11. The van der Waals surface area contributed by atoms with Crippen molar-refractivity contribution < 1.29 is 0 Å². The van der Waals surface area contributed by atoms with E-state index < -0.39 is 5.62 Å². The molecule has 0 amide bonds. The van der Waals surface area contributed by atoms with E-state index >= 15 is 0 Å². The van der Waals surface area contributed by atoms with E-state index in [1.54, 1.807) is 0 Å². The highest BCUT2D eigenvalue weighted by Crippen LogP contribution is 2.02. The van der Waals surface area contributed by atoms with Crippen molar-refractivity contribution in [3.8, 4) is 0 Å². The monoisotopic (exact) mass is 200 g/mol. The van der Waals surface area contributed by atoms with Gasteiger partial charge < -0.3 is 5.32 Å². The lowest BCUT2D eigenvalue weighted by Gasteiger charge is -2.11. The average molecular weight is 201 g/mol. The molecule has 0 saturated carbocycles. The van der Waals surface area contributed by atoms with Crippen LogP contribution in [0.2, 0.25) is 0 Å². The Morgan fingerprint density at radius 3 is 2.92 bits per heavy atom. The lowest BCUT2D eigenvalue weighted by atomic mass is 10.3. The number of para-hydroxylation sites is 1. The third-order valence-electron chi connectivity index (χ3n) is 1.64. The van der Waals surface area contributed by atoms with E-state index in [4.69, 9.17) is 23.2 Å². The number of hydrogen-bond acceptors (Lipinski definition) is 2. The van der Waals surface area contributed by atoms with E-state index in [1.165, 1.54) is 0 Å². The Labute approximate surface area is 79.5 Å². The fraction of sp³-hybridized carbons (Fsp3) is 0.125. The second-order valence-electron chi connectivity index (χ2n) is 2.44. The number of rotatable bonds is 0. The molecular formula is C8H6Cl2N2. The second kappa shape index (κ2) is 2.96. The highest BCUT2D eigenvalue weighted by atomic mass is 35.5. The first kappa shape index (κ1) is 7.90. The van der Waals surface area contributed by atoms with Crippen molar-refractivity contribution in [2.45, 2.75) is 5.62 Å². The molecule has 0 aromatic heterocycles. The first-order valence-electron chi connectivity index (χ1n) is 3.51. The summed E-state index contributed by atoms with van der Waals surface area (Å²) in [6.07, 6.45) is 0. The summed E-state index contributed by atoms with van der Waals surface area (Å²) >= 11 is 11.7. The van der Waals surface area contributed by atoms with E-state index in [1.807, 2.05) is 24.3 Å². The molecule has 0 spiro atoms. The fourth-order valence-electron chi connectivity index (χ4n) is 1.11. The predicted octanol–water partition coefficient (Wildman–Crippen LogP) is 0.736. The van der Waals surface area contributed by atoms with Crippen molar-refractivity contribution in [2.24, 2.45) is 4.99 Å². The van der Waals surface area contributed by atoms with Gasteiger partial charge in [-0.3, -0.25) is 0 Å². The predicted molar refractivity (Wildman–Crippen MR) is 49.3 cm³/mol. The zero-order valence-electron chi connectivity index (χ0n) is 6.09. The number of nitrogens with one attached hydrogen (secondary N) is 1. The van der Waals surface area contributed by atoms with Crippen LogP contribution in [0.4, 0.5) is 0 Å². The zero-order chi connectivity index (χ0) is 8.55. The number of fused-ring (bicyclic) bond motifs is 1. The van der Waals surface area contributed by atoms with Gasteiger partial charge in [-0.2, -0.15) is 0 Å². The molecule has 2 rings (SSSR count). The van der Waals surface area contributed by atoms with E-state index in [9.17, 15) is 0 Å². The number of hydrogen-bond donors (Lipinski definition) is 1. The van der Waals surface area contributed by atoms with Gasteiger partial charge in [0.15, 0.2) is 5.62 Å². The summed E-state index contributed by atoms with van der Waals surface area (Å²) in [6.45, 7) is 0. The van der Waals surface area contributed by atoms with Crippen LogP contribution < -0.4 is 15.9 Å². The van der Waals surface area contributed by atoms with Gasteiger partial charge in [-0.25, -0.2) is 4.99 Å². The number of benzene rings is 1. The summed E-state index contributed by atoms with van der Waals surface area (Å²) < 4.78 is 0. The van der Waals surface area contributed by atoms with Gasteiger partial charge in [0.2, 0.25) is 0 Å². The Morgan fingerprint density at radius 2 is 2.08 bits per heavy atom. The van der Waals surface area contributed by atoms with Gasteiger partial charge in [0, 0.05) is 5.22 Å². The molecule has 62 valence electrons. The number of nitrogens with zero attached hydrogens (tertiary/aromatic N) is 1. The molecule has 1 aromatic carbocycles. The van der Waals surface area contributed by atoms with Crippen LogP contribution in [0.5, 0.6) is 0 Å².